The van der Waals surface area contributed by atoms with Crippen molar-refractivity contribution in [1.82, 2.24) is 10.2 Å². The third-order valence-corrected chi connectivity index (χ3v) is 5.72. The quantitative estimate of drug-likeness (QED) is 0.307. The van der Waals surface area contributed by atoms with Crippen molar-refractivity contribution in [2.75, 3.05) is 17.7 Å². The fraction of sp³-hybridized carbons (Fsp3) is 0.167. The summed E-state index contributed by atoms with van der Waals surface area (Å²) >= 11 is 2.57. The number of amides is 1. The first-order valence-corrected chi connectivity index (χ1v) is 10.1. The van der Waals surface area contributed by atoms with Crippen LogP contribution in [0.25, 0.3) is 0 Å². The zero-order valence-electron chi connectivity index (χ0n) is 15.5. The van der Waals surface area contributed by atoms with Gasteiger partial charge in [0.15, 0.2) is 4.34 Å². The number of carbonyl (C=O) groups excluding carboxylic acids is 1. The zero-order chi connectivity index (χ0) is 20.8. The fourth-order valence-corrected chi connectivity index (χ4v) is 4.19. The van der Waals surface area contributed by atoms with Gasteiger partial charge in [-0.3, -0.25) is 14.9 Å². The molecule has 0 aliphatic carbocycles. The highest BCUT2D eigenvalue weighted by atomic mass is 32.2. The molecule has 0 saturated carbocycles. The van der Waals surface area contributed by atoms with Crippen LogP contribution >= 0.6 is 23.1 Å². The highest BCUT2D eigenvalue weighted by Gasteiger charge is 2.18. The molecule has 1 amide bonds. The summed E-state index contributed by atoms with van der Waals surface area (Å²) < 4.78 is 5.81. The van der Waals surface area contributed by atoms with Crippen LogP contribution in [-0.4, -0.2) is 33.4 Å². The second kappa shape index (κ2) is 9.34. The zero-order valence-corrected chi connectivity index (χ0v) is 17.1. The lowest BCUT2D eigenvalue weighted by molar-refractivity contribution is -0.384. The van der Waals surface area contributed by atoms with Crippen molar-refractivity contribution in [3.05, 3.63) is 58.6 Å². The Labute approximate surface area is 174 Å². The Morgan fingerprint density at radius 1 is 1.21 bits per heavy atom. The molecule has 1 unspecified atom stereocenters. The van der Waals surface area contributed by atoms with E-state index in [1.54, 1.807) is 20.1 Å². The maximum Gasteiger partial charge on any atom is 0.271 e. The topological polar surface area (TPSA) is 119 Å². The van der Waals surface area contributed by atoms with E-state index >= 15 is 0 Å². The molecule has 0 bridgehead atoms. The molecule has 2 N–H and O–H groups in total. The molecule has 1 heterocycles. The molecule has 1 aromatic heterocycles. The van der Waals surface area contributed by atoms with Crippen molar-refractivity contribution in [2.24, 2.45) is 0 Å². The lowest BCUT2D eigenvalue weighted by Gasteiger charge is -2.10. The summed E-state index contributed by atoms with van der Waals surface area (Å²) in [6, 6.07) is 13.2. The molecule has 0 saturated heterocycles. The summed E-state index contributed by atoms with van der Waals surface area (Å²) in [6.45, 7) is 1.73. The van der Waals surface area contributed by atoms with E-state index in [2.05, 4.69) is 20.8 Å². The van der Waals surface area contributed by atoms with Crippen LogP contribution in [0, 0.1) is 10.1 Å². The molecule has 3 rings (SSSR count). The summed E-state index contributed by atoms with van der Waals surface area (Å²) in [7, 11) is 1.60. The summed E-state index contributed by atoms with van der Waals surface area (Å²) in [4.78, 5) is 22.7. The van der Waals surface area contributed by atoms with Gasteiger partial charge in [-0.15, -0.1) is 10.2 Å². The van der Waals surface area contributed by atoms with E-state index in [9.17, 15) is 14.9 Å². The van der Waals surface area contributed by atoms with Gasteiger partial charge in [0.25, 0.3) is 5.69 Å². The van der Waals surface area contributed by atoms with Crippen LogP contribution in [0.4, 0.5) is 22.2 Å². The smallest absolute Gasteiger partial charge is 0.271 e. The number of nitro groups is 1. The number of carbonyl (C=O) groups is 1. The summed E-state index contributed by atoms with van der Waals surface area (Å²) in [5.74, 6) is 0.438. The number of nitro benzene ring substituents is 1. The maximum absolute atomic E-state index is 12.4. The third kappa shape index (κ3) is 5.65. The minimum Gasteiger partial charge on any atom is -0.497 e. The van der Waals surface area contributed by atoms with Gasteiger partial charge >= 0.3 is 0 Å². The summed E-state index contributed by atoms with van der Waals surface area (Å²) in [5.41, 5.74) is 1.10. The van der Waals surface area contributed by atoms with Gasteiger partial charge in [0.05, 0.1) is 17.3 Å². The molecule has 9 nitrogen and oxygen atoms in total. The molecule has 11 heteroatoms. The molecule has 3 aromatic rings. The van der Waals surface area contributed by atoms with Crippen molar-refractivity contribution >= 4 is 51.2 Å². The minimum absolute atomic E-state index is 0.0829. The van der Waals surface area contributed by atoms with E-state index in [0.29, 0.717) is 15.2 Å². The van der Waals surface area contributed by atoms with E-state index in [-0.39, 0.29) is 11.6 Å². The number of hydrogen-bond donors (Lipinski definition) is 2. The predicted octanol–water partition coefficient (Wildman–Crippen LogP) is 4.32. The Balaban J connectivity index is 1.59. The number of hydrogen-bond acceptors (Lipinski definition) is 9. The Bertz CT molecular complexity index is 1030. The number of anilines is 3. The summed E-state index contributed by atoms with van der Waals surface area (Å²) in [6.07, 6.45) is 0. The molecule has 0 radical (unpaired) electrons. The molecular weight excluding hydrogens is 414 g/mol. The Kier molecular flexibility index (Phi) is 6.62. The monoisotopic (exact) mass is 431 g/mol. The first-order valence-electron chi connectivity index (χ1n) is 8.41. The number of nitrogens with zero attached hydrogens (tertiary/aromatic N) is 3. The van der Waals surface area contributed by atoms with E-state index in [1.807, 2.05) is 24.3 Å². The maximum atomic E-state index is 12.4. The molecule has 0 aliphatic heterocycles. The van der Waals surface area contributed by atoms with Crippen molar-refractivity contribution in [1.29, 1.82) is 0 Å². The number of ether oxygens (including phenoxy) is 1. The number of nitrogens with one attached hydrogen (secondary N) is 2. The lowest BCUT2D eigenvalue weighted by atomic mass is 10.2. The second-order valence-corrected chi connectivity index (χ2v) is 8.35. The van der Waals surface area contributed by atoms with E-state index < -0.39 is 10.2 Å². The van der Waals surface area contributed by atoms with Gasteiger partial charge in [-0.1, -0.05) is 35.2 Å². The number of aromatic nitrogens is 2. The average molecular weight is 431 g/mol. The molecule has 29 heavy (non-hydrogen) atoms. The van der Waals surface area contributed by atoms with Gasteiger partial charge in [0, 0.05) is 29.6 Å². The Morgan fingerprint density at radius 2 is 1.97 bits per heavy atom. The van der Waals surface area contributed by atoms with Crippen LogP contribution in [-0.2, 0) is 4.79 Å². The molecule has 0 aliphatic rings. The first-order chi connectivity index (χ1) is 13.9. The van der Waals surface area contributed by atoms with Gasteiger partial charge in [-0.25, -0.2) is 0 Å². The van der Waals surface area contributed by atoms with Crippen molar-refractivity contribution in [3.63, 3.8) is 0 Å². The van der Waals surface area contributed by atoms with Crippen LogP contribution in [0.15, 0.2) is 52.9 Å². The van der Waals surface area contributed by atoms with Crippen LogP contribution in [0.3, 0.4) is 0 Å². The lowest BCUT2D eigenvalue weighted by Crippen LogP contribution is -2.22. The van der Waals surface area contributed by atoms with E-state index in [0.717, 1.165) is 11.4 Å². The number of rotatable bonds is 8. The SMILES string of the molecule is COc1cccc(Nc2nnc(SC(C)C(=O)Nc3cccc([N+](=O)[O-])c3)s2)c1. The minimum atomic E-state index is -0.508. The highest BCUT2D eigenvalue weighted by Crippen LogP contribution is 2.31. The third-order valence-electron chi connectivity index (χ3n) is 3.70. The van der Waals surface area contributed by atoms with Gasteiger partial charge in [0.2, 0.25) is 11.0 Å². The molecule has 2 aromatic carbocycles. The molecule has 0 spiro atoms. The average Bonchev–Trinajstić information content (AvgIpc) is 3.14. The molecular formula is C18H17N5O4S2. The Hall–Kier alpha value is -3.18. The van der Waals surface area contributed by atoms with Gasteiger partial charge in [-0.2, -0.15) is 0 Å². The molecule has 1 atom stereocenters. The van der Waals surface area contributed by atoms with Crippen LogP contribution in [0.5, 0.6) is 5.75 Å². The number of non-ortho nitro benzene ring substituents is 1. The van der Waals surface area contributed by atoms with Crippen molar-refractivity contribution in [3.8, 4) is 5.75 Å². The van der Waals surface area contributed by atoms with Gasteiger partial charge in [0.1, 0.15) is 5.75 Å². The van der Waals surface area contributed by atoms with Crippen LogP contribution < -0.4 is 15.4 Å². The normalized spacial score (nSPS) is 11.5. The predicted molar refractivity (Wildman–Crippen MR) is 113 cm³/mol. The van der Waals surface area contributed by atoms with E-state index in [1.165, 1.54) is 41.3 Å². The molecule has 0 fully saturated rings. The number of thioether (sulfide) groups is 1. The van der Waals surface area contributed by atoms with Crippen molar-refractivity contribution in [2.45, 2.75) is 16.5 Å². The van der Waals surface area contributed by atoms with Crippen LogP contribution in [0.2, 0.25) is 0 Å². The molecule has 150 valence electrons. The standard InChI is InChI=1S/C18H17N5O4S2/c1-11(16(24)19-12-5-3-7-14(9-12)23(25)26)28-18-22-21-17(29-18)20-13-6-4-8-15(10-13)27-2/h3-11H,1-2H3,(H,19,24)(H,20,21). The highest BCUT2D eigenvalue weighted by molar-refractivity contribution is 8.02. The van der Waals surface area contributed by atoms with Gasteiger partial charge in [-0.05, 0) is 25.1 Å². The van der Waals surface area contributed by atoms with E-state index in [4.69, 9.17) is 4.74 Å². The summed E-state index contributed by atoms with van der Waals surface area (Å²) in [5, 5.41) is 25.0. The fourth-order valence-electron chi connectivity index (χ4n) is 2.28. The second-order valence-electron chi connectivity index (χ2n) is 5.79. The van der Waals surface area contributed by atoms with Crippen molar-refractivity contribution < 1.29 is 14.5 Å². The van der Waals surface area contributed by atoms with Gasteiger partial charge < -0.3 is 15.4 Å². The Morgan fingerprint density at radius 3 is 2.72 bits per heavy atom. The largest absolute Gasteiger partial charge is 0.497 e. The number of benzene rings is 2. The first kappa shape index (κ1) is 20.6. The van der Waals surface area contributed by atoms with Crippen LogP contribution in [0.1, 0.15) is 6.92 Å². The number of methoxy groups -OCH3 is 1.